The monoisotopic (exact) mass is 599 g/mol. The van der Waals surface area contributed by atoms with Crippen molar-refractivity contribution in [2.75, 3.05) is 24.5 Å². The quantitative estimate of drug-likeness (QED) is 0.283. The highest BCUT2D eigenvalue weighted by atomic mass is 35.5. The zero-order valence-electron chi connectivity index (χ0n) is 24.1. The number of aryl methyl sites for hydroxylation is 1. The summed E-state index contributed by atoms with van der Waals surface area (Å²) < 4.78 is 34.6. The van der Waals surface area contributed by atoms with E-state index >= 15 is 0 Å². The summed E-state index contributed by atoms with van der Waals surface area (Å²) in [5.74, 6) is -0.318. The molecule has 0 aliphatic rings. The summed E-state index contributed by atoms with van der Waals surface area (Å²) in [5.41, 5.74) is 1.87. The molecule has 3 aromatic carbocycles. The Bertz CT molecular complexity index is 1430. The third-order valence-electron chi connectivity index (χ3n) is 6.58. The molecule has 0 spiro atoms. The lowest BCUT2D eigenvalue weighted by Gasteiger charge is -2.33. The first-order valence-corrected chi connectivity index (χ1v) is 15.3. The van der Waals surface area contributed by atoms with E-state index in [1.807, 2.05) is 27.7 Å². The van der Waals surface area contributed by atoms with E-state index in [2.05, 4.69) is 5.32 Å². The van der Waals surface area contributed by atoms with Gasteiger partial charge >= 0.3 is 0 Å². The second-order valence-electron chi connectivity index (χ2n) is 10.2. The van der Waals surface area contributed by atoms with Gasteiger partial charge in [-0.3, -0.25) is 13.9 Å². The van der Waals surface area contributed by atoms with Gasteiger partial charge < -0.3 is 15.0 Å². The topological polar surface area (TPSA) is 96.0 Å². The molecule has 0 heterocycles. The average Bonchev–Trinajstić information content (AvgIpc) is 2.95. The number of hydrogen-bond acceptors (Lipinski definition) is 5. The number of amides is 2. The zero-order valence-corrected chi connectivity index (χ0v) is 25.7. The predicted molar refractivity (Wildman–Crippen MR) is 163 cm³/mol. The van der Waals surface area contributed by atoms with Crippen LogP contribution < -0.4 is 14.4 Å². The fraction of sp³-hybridized carbons (Fsp3) is 0.355. The molecule has 1 N–H and O–H groups in total. The largest absolute Gasteiger partial charge is 0.495 e. The van der Waals surface area contributed by atoms with Gasteiger partial charge in [0.1, 0.15) is 18.3 Å². The van der Waals surface area contributed by atoms with Crippen LogP contribution in [-0.4, -0.2) is 51.4 Å². The number of sulfonamides is 1. The fourth-order valence-corrected chi connectivity index (χ4v) is 5.87. The highest BCUT2D eigenvalue weighted by Gasteiger charge is 2.34. The zero-order chi connectivity index (χ0) is 30.2. The Morgan fingerprint density at radius 2 is 1.61 bits per heavy atom. The summed E-state index contributed by atoms with van der Waals surface area (Å²) in [4.78, 5) is 28.9. The van der Waals surface area contributed by atoms with Gasteiger partial charge in [-0.05, 0) is 61.2 Å². The minimum atomic E-state index is -4.20. The number of carbonyl (C=O) groups excluding carboxylic acids is 2. The summed E-state index contributed by atoms with van der Waals surface area (Å²) in [5, 5.41) is 3.46. The molecule has 0 saturated carbocycles. The third-order valence-corrected chi connectivity index (χ3v) is 8.60. The minimum absolute atomic E-state index is 0.0350. The van der Waals surface area contributed by atoms with Crippen LogP contribution in [0.5, 0.6) is 5.75 Å². The Kier molecular flexibility index (Phi) is 11.2. The van der Waals surface area contributed by atoms with Gasteiger partial charge in [0.15, 0.2) is 0 Å². The molecule has 220 valence electrons. The number of hydrogen-bond donors (Lipinski definition) is 1. The van der Waals surface area contributed by atoms with Gasteiger partial charge in [-0.15, -0.1) is 0 Å². The van der Waals surface area contributed by atoms with E-state index in [0.29, 0.717) is 23.7 Å². The maximum absolute atomic E-state index is 14.1. The minimum Gasteiger partial charge on any atom is -0.495 e. The number of halogens is 1. The first-order chi connectivity index (χ1) is 19.5. The second-order valence-corrected chi connectivity index (χ2v) is 12.5. The molecule has 10 heteroatoms. The molecule has 0 saturated heterocycles. The van der Waals surface area contributed by atoms with E-state index in [-0.39, 0.29) is 29.0 Å². The molecule has 41 heavy (non-hydrogen) atoms. The molecule has 0 aliphatic heterocycles. The molecule has 0 aromatic heterocycles. The lowest BCUT2D eigenvalue weighted by atomic mass is 10.1. The molecule has 1 atom stereocenters. The van der Waals surface area contributed by atoms with Gasteiger partial charge in [0.05, 0.1) is 17.7 Å². The number of benzene rings is 3. The van der Waals surface area contributed by atoms with Crippen LogP contribution in [0.4, 0.5) is 5.69 Å². The molecule has 2 amide bonds. The lowest BCUT2D eigenvalue weighted by Crippen LogP contribution is -2.52. The Hall–Kier alpha value is -3.56. The van der Waals surface area contributed by atoms with E-state index in [1.54, 1.807) is 60.7 Å². The van der Waals surface area contributed by atoms with Crippen LogP contribution in [-0.2, 0) is 26.2 Å². The first-order valence-electron chi connectivity index (χ1n) is 13.5. The van der Waals surface area contributed by atoms with Crippen molar-refractivity contribution in [2.45, 2.75) is 51.6 Å². The predicted octanol–water partition coefficient (Wildman–Crippen LogP) is 5.43. The number of anilines is 1. The normalized spacial score (nSPS) is 12.1. The van der Waals surface area contributed by atoms with E-state index in [0.717, 1.165) is 15.4 Å². The van der Waals surface area contributed by atoms with Gasteiger partial charge in [0.2, 0.25) is 11.8 Å². The molecule has 0 radical (unpaired) electrons. The van der Waals surface area contributed by atoms with E-state index in [4.69, 9.17) is 16.3 Å². The van der Waals surface area contributed by atoms with Gasteiger partial charge in [-0.1, -0.05) is 74.3 Å². The summed E-state index contributed by atoms with van der Waals surface area (Å²) in [6.07, 6.45) is 0.336. The van der Waals surface area contributed by atoms with Crippen molar-refractivity contribution in [1.29, 1.82) is 0 Å². The third kappa shape index (κ3) is 8.24. The van der Waals surface area contributed by atoms with Crippen molar-refractivity contribution in [3.05, 3.63) is 88.9 Å². The molecule has 0 fully saturated rings. The summed E-state index contributed by atoms with van der Waals surface area (Å²) in [6.45, 7) is 7.65. The number of nitrogens with zero attached hydrogens (tertiary/aromatic N) is 2. The van der Waals surface area contributed by atoms with Crippen molar-refractivity contribution in [1.82, 2.24) is 10.2 Å². The van der Waals surface area contributed by atoms with Crippen LogP contribution in [0, 0.1) is 12.8 Å². The highest BCUT2D eigenvalue weighted by molar-refractivity contribution is 7.92. The number of nitrogens with one attached hydrogen (secondary N) is 1. The van der Waals surface area contributed by atoms with E-state index in [9.17, 15) is 18.0 Å². The summed E-state index contributed by atoms with van der Waals surface area (Å²) >= 11 is 6.08. The lowest BCUT2D eigenvalue weighted by molar-refractivity contribution is -0.140. The molecule has 3 aromatic rings. The number of para-hydroxylation sites is 2. The highest BCUT2D eigenvalue weighted by Crippen LogP contribution is 2.32. The molecular weight excluding hydrogens is 562 g/mol. The summed E-state index contributed by atoms with van der Waals surface area (Å²) in [7, 11) is -2.76. The van der Waals surface area contributed by atoms with Crippen LogP contribution in [0.3, 0.4) is 0 Å². The average molecular weight is 600 g/mol. The van der Waals surface area contributed by atoms with Crippen molar-refractivity contribution < 1.29 is 22.7 Å². The van der Waals surface area contributed by atoms with Crippen LogP contribution >= 0.6 is 11.6 Å². The Morgan fingerprint density at radius 3 is 2.20 bits per heavy atom. The molecule has 3 rings (SSSR count). The SMILES string of the molecule is CC[C@@H](C(=O)NCC(C)C)N(Cc1ccc(Cl)cc1)C(=O)CN(c1ccccc1OC)S(=O)(=O)c1ccc(C)cc1. The van der Waals surface area contributed by atoms with Crippen LogP contribution in [0.25, 0.3) is 0 Å². The number of carbonyl (C=O) groups is 2. The van der Waals surface area contributed by atoms with Crippen molar-refractivity contribution in [3.63, 3.8) is 0 Å². The van der Waals surface area contributed by atoms with Crippen molar-refractivity contribution >= 4 is 39.1 Å². The first kappa shape index (κ1) is 32.0. The Morgan fingerprint density at radius 1 is 0.976 bits per heavy atom. The van der Waals surface area contributed by atoms with Gasteiger partial charge in [0, 0.05) is 18.1 Å². The van der Waals surface area contributed by atoms with Gasteiger partial charge in [0.25, 0.3) is 10.0 Å². The smallest absolute Gasteiger partial charge is 0.264 e. The number of rotatable bonds is 13. The van der Waals surface area contributed by atoms with Crippen LogP contribution in [0.1, 0.15) is 38.3 Å². The standard InChI is InChI=1S/C31H38ClN3O5S/c1-6-27(31(37)33-19-22(2)3)34(20-24-13-15-25(32)16-14-24)30(36)21-35(28-9-7-8-10-29(28)40-5)41(38,39)26-17-11-23(4)12-18-26/h7-18,22,27H,6,19-21H2,1-5H3,(H,33,37)/t27-/m0/s1. The van der Waals surface area contributed by atoms with E-state index < -0.39 is 28.5 Å². The van der Waals surface area contributed by atoms with E-state index in [1.165, 1.54) is 24.1 Å². The Balaban J connectivity index is 2.08. The fourth-order valence-electron chi connectivity index (χ4n) is 4.32. The molecule has 0 bridgehead atoms. The molecule has 8 nitrogen and oxygen atoms in total. The number of ether oxygens (including phenoxy) is 1. The molecule has 0 aliphatic carbocycles. The Labute approximate surface area is 248 Å². The van der Waals surface area contributed by atoms with Crippen molar-refractivity contribution in [2.24, 2.45) is 5.92 Å². The maximum atomic E-state index is 14.1. The van der Waals surface area contributed by atoms with Crippen molar-refractivity contribution in [3.8, 4) is 5.75 Å². The van der Waals surface area contributed by atoms with Gasteiger partial charge in [-0.2, -0.15) is 0 Å². The molecular formula is C31H38ClN3O5S. The van der Waals surface area contributed by atoms with Gasteiger partial charge in [-0.25, -0.2) is 8.42 Å². The van der Waals surface area contributed by atoms with Crippen LogP contribution in [0.15, 0.2) is 77.7 Å². The molecule has 0 unspecified atom stereocenters. The summed E-state index contributed by atoms with van der Waals surface area (Å²) in [6, 6.07) is 19.2. The van der Waals surface area contributed by atoms with Crippen LogP contribution in [0.2, 0.25) is 5.02 Å². The maximum Gasteiger partial charge on any atom is 0.264 e. The number of methoxy groups -OCH3 is 1. The second kappa shape index (κ2) is 14.4.